The molecular formula is C25H34N4O3S. The zero-order chi connectivity index (χ0) is 23.6. The monoisotopic (exact) mass is 470 g/mol. The first-order valence-corrected chi connectivity index (χ1v) is 12.8. The molecule has 2 aromatic rings. The lowest BCUT2D eigenvalue weighted by Gasteiger charge is -2.38. The number of benzene rings is 1. The number of carbonyl (C=O) groups excluding carboxylic acids is 1. The molecule has 0 radical (unpaired) electrons. The number of methoxy groups -OCH3 is 1. The summed E-state index contributed by atoms with van der Waals surface area (Å²) in [4.78, 5) is 18.2. The number of ether oxygens (including phenoxy) is 2. The lowest BCUT2D eigenvalue weighted by atomic mass is 9.73. The van der Waals surface area contributed by atoms with Gasteiger partial charge in [-0.2, -0.15) is 4.98 Å². The number of anilines is 1. The molecule has 1 atom stereocenters. The topological polar surface area (TPSA) is 78.3 Å². The Morgan fingerprint density at radius 1 is 1.21 bits per heavy atom. The van der Waals surface area contributed by atoms with Crippen LogP contribution >= 0.6 is 11.8 Å². The van der Waals surface area contributed by atoms with Crippen molar-refractivity contribution in [3.8, 4) is 11.5 Å². The number of carbonyl (C=O) groups is 1. The molecule has 0 saturated heterocycles. The maximum absolute atomic E-state index is 13.4. The van der Waals surface area contributed by atoms with Gasteiger partial charge in [0.05, 0.1) is 13.7 Å². The highest BCUT2D eigenvalue weighted by Gasteiger charge is 2.42. The van der Waals surface area contributed by atoms with E-state index in [0.717, 1.165) is 40.6 Å². The van der Waals surface area contributed by atoms with Crippen LogP contribution in [0.5, 0.6) is 11.5 Å². The van der Waals surface area contributed by atoms with Crippen LogP contribution in [0.4, 0.5) is 5.95 Å². The van der Waals surface area contributed by atoms with E-state index < -0.39 is 0 Å². The molecule has 0 fully saturated rings. The number of hydrogen-bond donors (Lipinski definition) is 1. The molecule has 1 aliphatic carbocycles. The average Bonchev–Trinajstić information content (AvgIpc) is 3.17. The Kier molecular flexibility index (Phi) is 7.02. The molecule has 8 heteroatoms. The van der Waals surface area contributed by atoms with E-state index in [1.807, 2.05) is 29.8 Å². The number of nitrogens with one attached hydrogen (secondary N) is 1. The van der Waals surface area contributed by atoms with Crippen molar-refractivity contribution in [3.05, 3.63) is 35.0 Å². The van der Waals surface area contributed by atoms with Crippen LogP contribution < -0.4 is 14.8 Å². The van der Waals surface area contributed by atoms with Gasteiger partial charge < -0.3 is 14.8 Å². The lowest BCUT2D eigenvalue weighted by Crippen LogP contribution is -2.36. The summed E-state index contributed by atoms with van der Waals surface area (Å²) in [5.74, 6) is 3.17. The number of ketones is 1. The van der Waals surface area contributed by atoms with Crippen molar-refractivity contribution in [1.29, 1.82) is 0 Å². The van der Waals surface area contributed by atoms with Crippen molar-refractivity contribution in [3.63, 3.8) is 0 Å². The Morgan fingerprint density at radius 2 is 2.03 bits per heavy atom. The number of fused-ring (bicyclic) bond motifs is 1. The fourth-order valence-electron chi connectivity index (χ4n) is 4.60. The largest absolute Gasteiger partial charge is 0.493 e. The Balaban J connectivity index is 1.76. The second-order valence-corrected chi connectivity index (χ2v) is 10.5. The predicted molar refractivity (Wildman–Crippen MR) is 131 cm³/mol. The van der Waals surface area contributed by atoms with Crippen LogP contribution in [0.25, 0.3) is 0 Å². The van der Waals surface area contributed by atoms with Crippen molar-refractivity contribution in [1.82, 2.24) is 14.8 Å². The van der Waals surface area contributed by atoms with Crippen LogP contribution in [-0.4, -0.2) is 40.0 Å². The van der Waals surface area contributed by atoms with Gasteiger partial charge in [0.1, 0.15) is 6.04 Å². The van der Waals surface area contributed by atoms with Crippen LogP contribution in [0.1, 0.15) is 71.4 Å². The summed E-state index contributed by atoms with van der Waals surface area (Å²) in [6.45, 7) is 8.98. The molecule has 1 aliphatic heterocycles. The summed E-state index contributed by atoms with van der Waals surface area (Å²) < 4.78 is 13.2. The van der Waals surface area contributed by atoms with Crippen molar-refractivity contribution in [2.24, 2.45) is 5.41 Å². The van der Waals surface area contributed by atoms with Crippen LogP contribution in [0.3, 0.4) is 0 Å². The molecule has 0 unspecified atom stereocenters. The first-order valence-electron chi connectivity index (χ1n) is 11.8. The molecule has 0 saturated carbocycles. The lowest BCUT2D eigenvalue weighted by molar-refractivity contribution is -0.118. The second-order valence-electron chi connectivity index (χ2n) is 9.42. The molecule has 4 rings (SSSR count). The molecular weight excluding hydrogens is 436 g/mol. The molecule has 1 aromatic heterocycles. The number of unbranched alkanes of at least 4 members (excludes halogenated alkanes) is 2. The van der Waals surface area contributed by atoms with Gasteiger partial charge in [-0.3, -0.25) is 4.79 Å². The van der Waals surface area contributed by atoms with Gasteiger partial charge in [-0.15, -0.1) is 5.10 Å². The highest BCUT2D eigenvalue weighted by molar-refractivity contribution is 7.99. The van der Waals surface area contributed by atoms with E-state index in [9.17, 15) is 4.79 Å². The minimum absolute atomic E-state index is 0.0933. The van der Waals surface area contributed by atoms with Crippen LogP contribution in [0.2, 0.25) is 0 Å². The quantitative estimate of drug-likeness (QED) is 0.376. The normalized spacial score (nSPS) is 19.1. The summed E-state index contributed by atoms with van der Waals surface area (Å²) in [6.07, 6.45) is 4.84. The predicted octanol–water partition coefficient (Wildman–Crippen LogP) is 5.63. The van der Waals surface area contributed by atoms with E-state index in [2.05, 4.69) is 26.1 Å². The maximum Gasteiger partial charge on any atom is 0.227 e. The molecule has 0 amide bonds. The third-order valence-corrected chi connectivity index (χ3v) is 7.02. The number of aromatic nitrogens is 3. The van der Waals surface area contributed by atoms with Crippen molar-refractivity contribution in [2.45, 2.75) is 71.0 Å². The van der Waals surface area contributed by atoms with E-state index in [1.54, 1.807) is 18.9 Å². The van der Waals surface area contributed by atoms with Gasteiger partial charge in [0, 0.05) is 23.4 Å². The van der Waals surface area contributed by atoms with Gasteiger partial charge in [0.2, 0.25) is 11.1 Å². The Morgan fingerprint density at radius 3 is 2.76 bits per heavy atom. The third kappa shape index (κ3) is 4.90. The Bertz CT molecular complexity index is 1060. The summed E-state index contributed by atoms with van der Waals surface area (Å²) in [5.41, 5.74) is 2.58. The van der Waals surface area contributed by atoms with Crippen molar-refractivity contribution < 1.29 is 14.3 Å². The molecule has 2 aliphatic rings. The van der Waals surface area contributed by atoms with Gasteiger partial charge in [-0.1, -0.05) is 51.4 Å². The average molecular weight is 471 g/mol. The zero-order valence-corrected chi connectivity index (χ0v) is 21.1. The first kappa shape index (κ1) is 23.7. The van der Waals surface area contributed by atoms with E-state index in [0.29, 0.717) is 30.5 Å². The number of hydrogen-bond acceptors (Lipinski definition) is 7. The Labute approximate surface area is 200 Å². The van der Waals surface area contributed by atoms with Crippen LogP contribution in [0.15, 0.2) is 34.6 Å². The third-order valence-electron chi connectivity index (χ3n) is 6.09. The number of rotatable bonds is 9. The van der Waals surface area contributed by atoms with Crippen LogP contribution in [-0.2, 0) is 4.79 Å². The molecule has 2 heterocycles. The van der Waals surface area contributed by atoms with Gasteiger partial charge in [0.25, 0.3) is 0 Å². The number of nitrogens with zero attached hydrogens (tertiary/aromatic N) is 3. The zero-order valence-electron chi connectivity index (χ0n) is 20.2. The smallest absolute Gasteiger partial charge is 0.227 e. The van der Waals surface area contributed by atoms with E-state index in [1.165, 1.54) is 12.8 Å². The second kappa shape index (κ2) is 9.79. The van der Waals surface area contributed by atoms with Crippen molar-refractivity contribution in [2.75, 3.05) is 24.8 Å². The fraction of sp³-hybridized carbons (Fsp3) is 0.560. The van der Waals surface area contributed by atoms with Crippen LogP contribution in [0, 0.1) is 5.41 Å². The van der Waals surface area contributed by atoms with Gasteiger partial charge in [-0.05, 0) is 42.9 Å². The van der Waals surface area contributed by atoms with Gasteiger partial charge in [0.15, 0.2) is 17.3 Å². The SMILES string of the molecule is CCCCCSc1nc2n(n1)[C@H](c1ccc(OCC)c(OC)c1)C1=C(CC(C)(C)CC1=O)N2. The van der Waals surface area contributed by atoms with Gasteiger partial charge in [-0.25, -0.2) is 4.68 Å². The first-order chi connectivity index (χ1) is 15.9. The Hall–Kier alpha value is -2.48. The van der Waals surface area contributed by atoms with E-state index in [4.69, 9.17) is 19.6 Å². The summed E-state index contributed by atoms with van der Waals surface area (Å²) in [5, 5.41) is 9.01. The minimum atomic E-state index is -0.345. The molecule has 1 N–H and O–H groups in total. The molecule has 1 aromatic carbocycles. The van der Waals surface area contributed by atoms with E-state index in [-0.39, 0.29) is 17.2 Å². The number of thioether (sulfide) groups is 1. The molecule has 0 spiro atoms. The molecule has 7 nitrogen and oxygen atoms in total. The van der Waals surface area contributed by atoms with Crippen molar-refractivity contribution >= 4 is 23.5 Å². The van der Waals surface area contributed by atoms with Gasteiger partial charge >= 0.3 is 0 Å². The highest BCUT2D eigenvalue weighted by Crippen LogP contribution is 2.46. The number of allylic oxidation sites excluding steroid dienone is 2. The molecule has 33 heavy (non-hydrogen) atoms. The standard InChI is InChI=1S/C25H34N4O3S/c1-6-8-9-12-33-24-27-23-26-17-14-25(3,4)15-18(30)21(17)22(29(23)28-24)16-10-11-19(32-7-2)20(13-16)31-5/h10-11,13,22H,6-9,12,14-15H2,1-5H3,(H,26,27,28)/t22-/m1/s1. The highest BCUT2D eigenvalue weighted by atomic mass is 32.2. The molecule has 178 valence electrons. The summed E-state index contributed by atoms with van der Waals surface area (Å²) in [7, 11) is 1.63. The summed E-state index contributed by atoms with van der Waals surface area (Å²) in [6, 6.07) is 5.52. The molecule has 0 bridgehead atoms. The van der Waals surface area contributed by atoms with E-state index >= 15 is 0 Å². The fourth-order valence-corrected chi connectivity index (χ4v) is 5.43. The minimum Gasteiger partial charge on any atom is -0.493 e. The number of Topliss-reactive ketones (excluding diaryl/α,β-unsaturated/α-hetero) is 1. The summed E-state index contributed by atoms with van der Waals surface area (Å²) >= 11 is 1.67. The maximum atomic E-state index is 13.4.